The minimum atomic E-state index is -0.438. The van der Waals surface area contributed by atoms with E-state index >= 15 is 0 Å². The van der Waals surface area contributed by atoms with Crippen molar-refractivity contribution in [3.63, 3.8) is 0 Å². The van der Waals surface area contributed by atoms with Gasteiger partial charge in [0.15, 0.2) is 0 Å². The van der Waals surface area contributed by atoms with E-state index in [4.69, 9.17) is 5.11 Å². The van der Waals surface area contributed by atoms with Crippen molar-refractivity contribution in [3.05, 3.63) is 12.3 Å². The molecule has 0 saturated heterocycles. The maximum Gasteiger partial charge on any atom is 0.121 e. The quantitative estimate of drug-likeness (QED) is 0.176. The lowest BCUT2D eigenvalue weighted by atomic mass is 10.0. The molecule has 0 aliphatic carbocycles. The van der Waals surface area contributed by atoms with Crippen molar-refractivity contribution < 1.29 is 5.11 Å². The van der Waals surface area contributed by atoms with Crippen molar-refractivity contribution in [3.8, 4) is 0 Å². The van der Waals surface area contributed by atoms with E-state index in [1.165, 1.54) is 109 Å². The van der Waals surface area contributed by atoms with Gasteiger partial charge in [-0.2, -0.15) is 0 Å². The highest BCUT2D eigenvalue weighted by Gasteiger charge is 1.94. The molecule has 0 rings (SSSR count). The fourth-order valence-corrected chi connectivity index (χ4v) is 3.28. The second kappa shape index (κ2) is 21.5. The SMILES string of the molecule is CCCCCCCCCCCCCCCCCCCC=CNC(C)O. The Morgan fingerprint density at radius 2 is 1.00 bits per heavy atom. The fraction of sp³-hybridized carbons (Fsp3) is 0.913. The van der Waals surface area contributed by atoms with Crippen molar-refractivity contribution in [2.75, 3.05) is 0 Å². The molecule has 0 spiro atoms. The molecule has 0 aromatic heterocycles. The highest BCUT2D eigenvalue weighted by atomic mass is 16.3. The molecule has 0 aromatic carbocycles. The summed E-state index contributed by atoms with van der Waals surface area (Å²) in [7, 11) is 0. The average Bonchev–Trinajstić information content (AvgIpc) is 2.60. The standard InChI is InChI=1S/C23H47NO/c1-3-4-5-6-7-8-9-10-11-12-13-14-15-16-17-18-19-20-21-22-24-23(2)25/h21-25H,3-20H2,1-2H3. The van der Waals surface area contributed by atoms with Crippen LogP contribution in [0.25, 0.3) is 0 Å². The minimum absolute atomic E-state index is 0.438. The van der Waals surface area contributed by atoms with Crippen LogP contribution < -0.4 is 5.32 Å². The number of aliphatic hydroxyl groups excluding tert-OH is 1. The van der Waals surface area contributed by atoms with Crippen LogP contribution in [0.4, 0.5) is 0 Å². The maximum absolute atomic E-state index is 9.04. The highest BCUT2D eigenvalue weighted by molar-refractivity contribution is 4.79. The smallest absolute Gasteiger partial charge is 0.121 e. The molecule has 1 unspecified atom stereocenters. The lowest BCUT2D eigenvalue weighted by Crippen LogP contribution is -2.18. The third-order valence-corrected chi connectivity index (χ3v) is 4.93. The van der Waals surface area contributed by atoms with Gasteiger partial charge in [-0.05, 0) is 26.0 Å². The Labute approximate surface area is 158 Å². The molecule has 25 heavy (non-hydrogen) atoms. The molecule has 2 nitrogen and oxygen atoms in total. The number of hydrogen-bond donors (Lipinski definition) is 2. The van der Waals surface area contributed by atoms with Crippen LogP contribution in [0.5, 0.6) is 0 Å². The summed E-state index contributed by atoms with van der Waals surface area (Å²) < 4.78 is 0. The average molecular weight is 354 g/mol. The van der Waals surface area contributed by atoms with Crippen LogP contribution >= 0.6 is 0 Å². The highest BCUT2D eigenvalue weighted by Crippen LogP contribution is 2.14. The van der Waals surface area contributed by atoms with E-state index in [9.17, 15) is 0 Å². The Balaban J connectivity index is 3.02. The molecular formula is C23H47NO. The van der Waals surface area contributed by atoms with Crippen molar-refractivity contribution in [2.45, 2.75) is 136 Å². The molecular weight excluding hydrogens is 306 g/mol. The van der Waals surface area contributed by atoms with Gasteiger partial charge in [-0.15, -0.1) is 0 Å². The lowest BCUT2D eigenvalue weighted by molar-refractivity contribution is 0.173. The summed E-state index contributed by atoms with van der Waals surface area (Å²) >= 11 is 0. The summed E-state index contributed by atoms with van der Waals surface area (Å²) in [5.74, 6) is 0. The van der Waals surface area contributed by atoms with Crippen LogP contribution in [0, 0.1) is 0 Å². The van der Waals surface area contributed by atoms with Crippen LogP contribution in [0.1, 0.15) is 129 Å². The Hall–Kier alpha value is -0.500. The summed E-state index contributed by atoms with van der Waals surface area (Å²) in [6.45, 7) is 4.03. The van der Waals surface area contributed by atoms with Crippen LogP contribution in [-0.4, -0.2) is 11.3 Å². The van der Waals surface area contributed by atoms with Gasteiger partial charge < -0.3 is 10.4 Å². The number of nitrogens with one attached hydrogen (secondary N) is 1. The molecule has 0 aliphatic heterocycles. The molecule has 0 radical (unpaired) electrons. The van der Waals surface area contributed by atoms with Crippen LogP contribution in [-0.2, 0) is 0 Å². The molecule has 0 aromatic rings. The number of aliphatic hydroxyl groups is 1. The van der Waals surface area contributed by atoms with Gasteiger partial charge in [-0.25, -0.2) is 0 Å². The molecule has 150 valence electrons. The van der Waals surface area contributed by atoms with Crippen LogP contribution in [0.15, 0.2) is 12.3 Å². The maximum atomic E-state index is 9.04. The third-order valence-electron chi connectivity index (χ3n) is 4.93. The van der Waals surface area contributed by atoms with Crippen molar-refractivity contribution in [2.24, 2.45) is 0 Å². The first-order valence-electron chi connectivity index (χ1n) is 11.4. The Morgan fingerprint density at radius 1 is 0.640 bits per heavy atom. The largest absolute Gasteiger partial charge is 0.374 e. The first kappa shape index (κ1) is 24.5. The molecule has 2 N–H and O–H groups in total. The van der Waals surface area contributed by atoms with E-state index in [0.29, 0.717) is 0 Å². The van der Waals surface area contributed by atoms with E-state index in [2.05, 4.69) is 18.3 Å². The topological polar surface area (TPSA) is 32.3 Å². The monoisotopic (exact) mass is 353 g/mol. The predicted molar refractivity (Wildman–Crippen MR) is 113 cm³/mol. The fourth-order valence-electron chi connectivity index (χ4n) is 3.28. The Bertz CT molecular complexity index is 263. The van der Waals surface area contributed by atoms with E-state index in [1.807, 2.05) is 6.20 Å². The normalized spacial score (nSPS) is 12.8. The lowest BCUT2D eigenvalue weighted by Gasteiger charge is -2.03. The molecule has 2 heteroatoms. The van der Waals surface area contributed by atoms with Gasteiger partial charge >= 0.3 is 0 Å². The second-order valence-corrected chi connectivity index (χ2v) is 7.69. The molecule has 0 bridgehead atoms. The molecule has 0 fully saturated rings. The summed E-state index contributed by atoms with van der Waals surface area (Å²) in [5.41, 5.74) is 0. The van der Waals surface area contributed by atoms with Crippen LogP contribution in [0.3, 0.4) is 0 Å². The number of rotatable bonds is 20. The van der Waals surface area contributed by atoms with Gasteiger partial charge in [0.1, 0.15) is 6.23 Å². The Morgan fingerprint density at radius 3 is 1.36 bits per heavy atom. The first-order valence-corrected chi connectivity index (χ1v) is 11.4. The number of allylic oxidation sites excluding steroid dienone is 1. The summed E-state index contributed by atoms with van der Waals surface area (Å²) in [6.07, 6.45) is 28.9. The zero-order chi connectivity index (χ0) is 18.4. The van der Waals surface area contributed by atoms with Gasteiger partial charge in [-0.1, -0.05) is 116 Å². The first-order chi connectivity index (χ1) is 12.3. The van der Waals surface area contributed by atoms with Crippen molar-refractivity contribution >= 4 is 0 Å². The zero-order valence-corrected chi connectivity index (χ0v) is 17.4. The summed E-state index contributed by atoms with van der Waals surface area (Å²) in [6, 6.07) is 0. The van der Waals surface area contributed by atoms with Gasteiger partial charge in [0.05, 0.1) is 0 Å². The van der Waals surface area contributed by atoms with Gasteiger partial charge in [0.2, 0.25) is 0 Å². The van der Waals surface area contributed by atoms with Crippen LogP contribution in [0.2, 0.25) is 0 Å². The summed E-state index contributed by atoms with van der Waals surface area (Å²) in [5, 5.41) is 11.9. The molecule has 0 amide bonds. The van der Waals surface area contributed by atoms with Crippen molar-refractivity contribution in [1.82, 2.24) is 5.32 Å². The number of unbranched alkanes of at least 4 members (excludes halogenated alkanes) is 17. The van der Waals surface area contributed by atoms with Gasteiger partial charge in [0.25, 0.3) is 0 Å². The predicted octanol–water partition coefficient (Wildman–Crippen LogP) is 7.47. The third kappa shape index (κ3) is 23.5. The summed E-state index contributed by atoms with van der Waals surface area (Å²) in [4.78, 5) is 0. The minimum Gasteiger partial charge on any atom is -0.374 e. The molecule has 0 heterocycles. The molecule has 0 aliphatic rings. The zero-order valence-electron chi connectivity index (χ0n) is 17.4. The van der Waals surface area contributed by atoms with Crippen molar-refractivity contribution in [1.29, 1.82) is 0 Å². The molecule has 0 saturated carbocycles. The Kier molecular flexibility index (Phi) is 21.1. The molecule has 1 atom stereocenters. The van der Waals surface area contributed by atoms with Gasteiger partial charge in [0, 0.05) is 0 Å². The van der Waals surface area contributed by atoms with Gasteiger partial charge in [-0.3, -0.25) is 0 Å². The van der Waals surface area contributed by atoms with E-state index < -0.39 is 6.23 Å². The number of hydrogen-bond acceptors (Lipinski definition) is 2. The van der Waals surface area contributed by atoms with E-state index in [-0.39, 0.29) is 0 Å². The van der Waals surface area contributed by atoms with E-state index in [1.54, 1.807) is 6.92 Å². The van der Waals surface area contributed by atoms with E-state index in [0.717, 1.165) is 6.42 Å². The second-order valence-electron chi connectivity index (χ2n) is 7.69.